The van der Waals surface area contributed by atoms with Crippen LogP contribution in [0.25, 0.3) is 0 Å². The van der Waals surface area contributed by atoms with E-state index in [0.717, 1.165) is 35.6 Å². The lowest BCUT2D eigenvalue weighted by atomic mass is 10.2. The van der Waals surface area contributed by atoms with Gasteiger partial charge in [0.2, 0.25) is 0 Å². The van der Waals surface area contributed by atoms with E-state index in [0.29, 0.717) is 0 Å². The summed E-state index contributed by atoms with van der Waals surface area (Å²) >= 11 is 3.73. The van der Waals surface area contributed by atoms with Crippen LogP contribution in [0.15, 0.2) is 28.9 Å². The summed E-state index contributed by atoms with van der Waals surface area (Å²) in [5.41, 5.74) is -0.795. The van der Waals surface area contributed by atoms with Gasteiger partial charge in [0, 0.05) is 0 Å². The van der Waals surface area contributed by atoms with Crippen molar-refractivity contribution in [3.63, 3.8) is 0 Å². The zero-order valence-electron chi connectivity index (χ0n) is 9.44. The topological polar surface area (TPSA) is 59.4 Å². The molecule has 106 valence electrons. The highest BCUT2D eigenvalue weighted by molar-refractivity contribution is 9.10. The molecule has 0 amide bonds. The van der Waals surface area contributed by atoms with E-state index >= 15 is 0 Å². The van der Waals surface area contributed by atoms with Crippen LogP contribution in [0.1, 0.15) is 15.2 Å². The molecule has 0 aliphatic carbocycles. The van der Waals surface area contributed by atoms with Gasteiger partial charge in [-0.25, -0.2) is 4.79 Å². The summed E-state index contributed by atoms with van der Waals surface area (Å²) in [6.07, 6.45) is -4.42. The second-order valence-corrected chi connectivity index (χ2v) is 5.24. The summed E-state index contributed by atoms with van der Waals surface area (Å²) in [4.78, 5) is 14.6. The van der Waals surface area contributed by atoms with Gasteiger partial charge in [0.25, 0.3) is 5.19 Å². The summed E-state index contributed by atoms with van der Waals surface area (Å²) in [6, 6.07) is 4.02. The van der Waals surface area contributed by atoms with Gasteiger partial charge < -0.3 is 9.84 Å². The number of hydrogen-bond donors (Lipinski definition) is 1. The van der Waals surface area contributed by atoms with E-state index in [-0.39, 0.29) is 20.4 Å². The van der Waals surface area contributed by atoms with E-state index in [1.165, 1.54) is 0 Å². The van der Waals surface area contributed by atoms with Gasteiger partial charge in [-0.15, -0.1) is 0 Å². The average Bonchev–Trinajstić information content (AvgIpc) is 2.70. The molecule has 1 N–H and O–H groups in total. The van der Waals surface area contributed by atoms with Gasteiger partial charge in [0.15, 0.2) is 0 Å². The molecule has 0 bridgehead atoms. The van der Waals surface area contributed by atoms with E-state index in [4.69, 9.17) is 9.84 Å². The zero-order chi connectivity index (χ0) is 14.9. The van der Waals surface area contributed by atoms with Crippen molar-refractivity contribution in [1.29, 1.82) is 0 Å². The van der Waals surface area contributed by atoms with Gasteiger partial charge >= 0.3 is 12.1 Å². The van der Waals surface area contributed by atoms with Gasteiger partial charge in [-0.3, -0.25) is 0 Å². The Kier molecular flexibility index (Phi) is 4.00. The minimum atomic E-state index is -4.42. The number of nitrogens with zero attached hydrogens (tertiary/aromatic N) is 1. The predicted octanol–water partition coefficient (Wildman–Crippen LogP) is 4.41. The molecule has 9 heteroatoms. The van der Waals surface area contributed by atoms with Crippen molar-refractivity contribution in [2.75, 3.05) is 0 Å². The number of carbonyl (C=O) groups is 1. The number of alkyl halides is 3. The molecule has 0 saturated heterocycles. The molecule has 0 unspecified atom stereocenters. The number of benzene rings is 1. The lowest BCUT2D eigenvalue weighted by Crippen LogP contribution is -2.03. The van der Waals surface area contributed by atoms with Crippen LogP contribution in [0.2, 0.25) is 0 Å². The van der Waals surface area contributed by atoms with E-state index in [2.05, 4.69) is 20.9 Å². The molecule has 0 aliphatic rings. The third kappa shape index (κ3) is 3.28. The van der Waals surface area contributed by atoms with Crippen LogP contribution >= 0.6 is 27.3 Å². The number of thiazole rings is 1. The smallest absolute Gasteiger partial charge is 0.416 e. The second-order valence-electron chi connectivity index (χ2n) is 3.53. The monoisotopic (exact) mass is 367 g/mol. The molecule has 20 heavy (non-hydrogen) atoms. The molecule has 0 atom stereocenters. The number of carboxylic acid groups (broad SMARTS) is 1. The molecule has 0 saturated carbocycles. The van der Waals surface area contributed by atoms with Gasteiger partial charge in [-0.2, -0.15) is 18.2 Å². The highest BCUT2D eigenvalue weighted by atomic mass is 79.9. The Morgan fingerprint density at radius 1 is 1.30 bits per heavy atom. The van der Waals surface area contributed by atoms with Crippen molar-refractivity contribution < 1.29 is 27.8 Å². The third-order valence-electron chi connectivity index (χ3n) is 2.15. The Hall–Kier alpha value is -1.61. The molecule has 0 spiro atoms. The van der Waals surface area contributed by atoms with Crippen LogP contribution in [0, 0.1) is 0 Å². The fourth-order valence-corrected chi connectivity index (χ4v) is 2.63. The molecular formula is C11H5BrF3NO3S. The number of halogens is 4. The number of hydrogen-bond acceptors (Lipinski definition) is 4. The van der Waals surface area contributed by atoms with E-state index in [9.17, 15) is 18.0 Å². The van der Waals surface area contributed by atoms with Crippen LogP contribution in [-0.4, -0.2) is 16.1 Å². The van der Waals surface area contributed by atoms with Crippen molar-refractivity contribution in [2.45, 2.75) is 6.18 Å². The Morgan fingerprint density at radius 3 is 2.35 bits per heavy atom. The number of carboxylic acids is 1. The second kappa shape index (κ2) is 5.41. The highest BCUT2D eigenvalue weighted by Crippen LogP contribution is 2.34. The van der Waals surface area contributed by atoms with Crippen LogP contribution in [0.4, 0.5) is 13.2 Å². The van der Waals surface area contributed by atoms with Crippen molar-refractivity contribution in [1.82, 2.24) is 4.98 Å². The summed E-state index contributed by atoms with van der Waals surface area (Å²) in [5, 5.41) is 8.85. The summed E-state index contributed by atoms with van der Waals surface area (Å²) in [5.74, 6) is -1.03. The Balaban J connectivity index is 2.18. The van der Waals surface area contributed by atoms with E-state index < -0.39 is 17.7 Å². The molecule has 1 aromatic heterocycles. The third-order valence-corrected chi connectivity index (χ3v) is 3.90. The largest absolute Gasteiger partial charge is 0.477 e. The molecule has 2 rings (SSSR count). The SMILES string of the molecule is O=C(O)c1sc(Oc2ccc(C(F)(F)F)cc2)nc1Br. The minimum absolute atomic E-state index is 0.0223. The Bertz CT molecular complexity index is 639. The molecule has 0 fully saturated rings. The normalized spacial score (nSPS) is 11.4. The molecule has 1 heterocycles. The van der Waals surface area contributed by atoms with Crippen molar-refractivity contribution in [2.24, 2.45) is 0 Å². The zero-order valence-corrected chi connectivity index (χ0v) is 11.8. The number of aromatic carboxylic acids is 1. The lowest BCUT2D eigenvalue weighted by Gasteiger charge is -2.07. The molecule has 0 aliphatic heterocycles. The highest BCUT2D eigenvalue weighted by Gasteiger charge is 2.30. The predicted molar refractivity (Wildman–Crippen MR) is 68.3 cm³/mol. The first-order valence-corrected chi connectivity index (χ1v) is 6.63. The Labute approximate surface area is 123 Å². The van der Waals surface area contributed by atoms with E-state index in [1.807, 2.05) is 0 Å². The van der Waals surface area contributed by atoms with Gasteiger partial charge in [0.05, 0.1) is 5.56 Å². The van der Waals surface area contributed by atoms with Crippen LogP contribution in [-0.2, 0) is 6.18 Å². The first-order chi connectivity index (χ1) is 9.27. The summed E-state index contributed by atoms with van der Waals surface area (Å²) in [7, 11) is 0. The first kappa shape index (κ1) is 14.8. The molecular weight excluding hydrogens is 363 g/mol. The first-order valence-electron chi connectivity index (χ1n) is 5.02. The number of aromatic nitrogens is 1. The van der Waals surface area contributed by atoms with E-state index in [1.54, 1.807) is 0 Å². The maximum Gasteiger partial charge on any atom is 0.416 e. The van der Waals surface area contributed by atoms with Crippen LogP contribution < -0.4 is 4.74 Å². The van der Waals surface area contributed by atoms with Crippen molar-refractivity contribution in [3.05, 3.63) is 39.3 Å². The maximum atomic E-state index is 12.4. The lowest BCUT2D eigenvalue weighted by molar-refractivity contribution is -0.137. The average molecular weight is 368 g/mol. The van der Waals surface area contributed by atoms with Gasteiger partial charge in [-0.05, 0) is 40.2 Å². The van der Waals surface area contributed by atoms with Crippen LogP contribution in [0.3, 0.4) is 0 Å². The molecule has 1 aromatic carbocycles. The molecule has 2 aromatic rings. The van der Waals surface area contributed by atoms with Gasteiger partial charge in [-0.1, -0.05) is 11.3 Å². The van der Waals surface area contributed by atoms with Gasteiger partial charge in [0.1, 0.15) is 15.2 Å². The number of ether oxygens (including phenoxy) is 1. The Morgan fingerprint density at radius 2 is 1.90 bits per heavy atom. The molecule has 4 nitrogen and oxygen atoms in total. The maximum absolute atomic E-state index is 12.4. The molecule has 0 radical (unpaired) electrons. The summed E-state index contributed by atoms with van der Waals surface area (Å²) < 4.78 is 42.4. The quantitative estimate of drug-likeness (QED) is 0.872. The minimum Gasteiger partial charge on any atom is -0.477 e. The number of rotatable bonds is 3. The van der Waals surface area contributed by atoms with Crippen molar-refractivity contribution >= 4 is 33.2 Å². The summed E-state index contributed by atoms with van der Waals surface area (Å²) in [6.45, 7) is 0. The van der Waals surface area contributed by atoms with Crippen molar-refractivity contribution in [3.8, 4) is 10.9 Å². The fraction of sp³-hybridized carbons (Fsp3) is 0.0909. The van der Waals surface area contributed by atoms with Crippen LogP contribution in [0.5, 0.6) is 10.9 Å². The fourth-order valence-electron chi connectivity index (χ4n) is 1.27. The standard InChI is InChI=1S/C11H5BrF3NO3S/c12-8-7(9(17)18)20-10(16-8)19-6-3-1-5(2-4-6)11(13,14)15/h1-4H,(H,17,18).